The molecule has 2 nitrogen and oxygen atoms in total. The quantitative estimate of drug-likeness (QED) is 0.460. The largest absolute Gasteiger partial charge is 0.329 e. The van der Waals surface area contributed by atoms with Gasteiger partial charge in [-0.3, -0.25) is 0 Å². The van der Waals surface area contributed by atoms with Gasteiger partial charge in [-0.25, -0.2) is 0 Å². The molecule has 12 heavy (non-hydrogen) atoms. The Bertz CT molecular complexity index is 167. The van der Waals surface area contributed by atoms with Crippen molar-refractivity contribution in [2.45, 2.75) is 12.5 Å². The molecule has 3 N–H and O–H groups in total. The molecule has 0 radical (unpaired) electrons. The zero-order chi connectivity index (χ0) is 9.40. The van der Waals surface area contributed by atoms with Gasteiger partial charge >= 0.3 is 0 Å². The molecule has 68 valence electrons. The van der Waals surface area contributed by atoms with E-state index >= 15 is 0 Å². The van der Waals surface area contributed by atoms with Crippen LogP contribution in [0, 0.1) is 0 Å². The SMILES string of the molecule is C=CC/C=C(\C=C)C(CN)NC. The van der Waals surface area contributed by atoms with Crippen molar-refractivity contribution in [2.75, 3.05) is 13.6 Å². The summed E-state index contributed by atoms with van der Waals surface area (Å²) in [5.41, 5.74) is 6.69. The van der Waals surface area contributed by atoms with E-state index in [1.807, 2.05) is 19.2 Å². The number of allylic oxidation sites excluding steroid dienone is 2. The molecule has 2 heteroatoms. The highest BCUT2D eigenvalue weighted by Crippen LogP contribution is 2.03. The molecular formula is C10H18N2. The number of rotatable bonds is 6. The van der Waals surface area contributed by atoms with Gasteiger partial charge in [-0.1, -0.05) is 24.8 Å². The Labute approximate surface area is 74.8 Å². The first-order valence-electron chi connectivity index (χ1n) is 4.10. The molecule has 0 aromatic carbocycles. The lowest BCUT2D eigenvalue weighted by Crippen LogP contribution is -2.34. The summed E-state index contributed by atoms with van der Waals surface area (Å²) >= 11 is 0. The second-order valence-electron chi connectivity index (χ2n) is 2.51. The zero-order valence-corrected chi connectivity index (χ0v) is 7.72. The first-order chi connectivity index (χ1) is 5.79. The average molecular weight is 166 g/mol. The molecule has 1 unspecified atom stereocenters. The van der Waals surface area contributed by atoms with Gasteiger partial charge in [0.2, 0.25) is 0 Å². The molecule has 0 amide bonds. The van der Waals surface area contributed by atoms with Crippen LogP contribution >= 0.6 is 0 Å². The Morgan fingerprint density at radius 3 is 2.58 bits per heavy atom. The molecule has 0 aromatic heterocycles. The van der Waals surface area contributed by atoms with Gasteiger partial charge in [-0.15, -0.1) is 6.58 Å². The summed E-state index contributed by atoms with van der Waals surface area (Å²) in [6, 6.07) is 0.211. The Morgan fingerprint density at radius 2 is 2.25 bits per heavy atom. The molecular weight excluding hydrogens is 148 g/mol. The van der Waals surface area contributed by atoms with Crippen molar-refractivity contribution in [3.05, 3.63) is 37.0 Å². The maximum Gasteiger partial charge on any atom is 0.0438 e. The van der Waals surface area contributed by atoms with Gasteiger partial charge in [0, 0.05) is 12.6 Å². The smallest absolute Gasteiger partial charge is 0.0438 e. The van der Waals surface area contributed by atoms with Gasteiger partial charge in [0.1, 0.15) is 0 Å². The van der Waals surface area contributed by atoms with Crippen LogP contribution in [-0.4, -0.2) is 19.6 Å². The van der Waals surface area contributed by atoms with Gasteiger partial charge in [0.25, 0.3) is 0 Å². The van der Waals surface area contributed by atoms with E-state index in [0.29, 0.717) is 6.54 Å². The Morgan fingerprint density at radius 1 is 1.58 bits per heavy atom. The number of likely N-dealkylation sites (N-methyl/N-ethyl adjacent to an activating group) is 1. The van der Waals surface area contributed by atoms with Crippen LogP contribution in [0.2, 0.25) is 0 Å². The fourth-order valence-corrected chi connectivity index (χ4v) is 1.01. The highest BCUT2D eigenvalue weighted by molar-refractivity contribution is 5.23. The molecule has 0 aliphatic carbocycles. The van der Waals surface area contributed by atoms with Crippen molar-refractivity contribution in [3.8, 4) is 0 Å². The second kappa shape index (κ2) is 6.83. The van der Waals surface area contributed by atoms with Gasteiger partial charge < -0.3 is 11.1 Å². The van der Waals surface area contributed by atoms with E-state index in [1.165, 1.54) is 0 Å². The summed E-state index contributed by atoms with van der Waals surface area (Å²) in [6.45, 7) is 7.97. The number of hydrogen-bond acceptors (Lipinski definition) is 2. The summed E-state index contributed by atoms with van der Waals surface area (Å²) in [4.78, 5) is 0. The molecule has 0 fully saturated rings. The van der Waals surface area contributed by atoms with Crippen LogP contribution in [0.4, 0.5) is 0 Å². The minimum atomic E-state index is 0.211. The standard InChI is InChI=1S/C10H18N2/c1-4-6-7-9(5-2)10(8-11)12-3/h4-5,7,10,12H,1-2,6,8,11H2,3H3/b9-7+. The topological polar surface area (TPSA) is 38.0 Å². The number of nitrogens with one attached hydrogen (secondary N) is 1. The lowest BCUT2D eigenvalue weighted by Gasteiger charge is -2.14. The molecule has 0 aliphatic heterocycles. The third-order valence-electron chi connectivity index (χ3n) is 1.74. The molecule has 0 saturated heterocycles. The van der Waals surface area contributed by atoms with Crippen LogP contribution in [0.1, 0.15) is 6.42 Å². The van der Waals surface area contributed by atoms with Crippen molar-refractivity contribution in [1.29, 1.82) is 0 Å². The Hall–Kier alpha value is -0.860. The molecule has 0 rings (SSSR count). The summed E-state index contributed by atoms with van der Waals surface area (Å²) < 4.78 is 0. The Balaban J connectivity index is 4.28. The lowest BCUT2D eigenvalue weighted by atomic mass is 10.1. The molecule has 0 bridgehead atoms. The summed E-state index contributed by atoms with van der Waals surface area (Å²) in [7, 11) is 1.89. The first-order valence-corrected chi connectivity index (χ1v) is 4.10. The van der Waals surface area contributed by atoms with Crippen molar-refractivity contribution < 1.29 is 0 Å². The third kappa shape index (κ3) is 3.51. The van der Waals surface area contributed by atoms with Gasteiger partial charge in [-0.05, 0) is 19.0 Å². The highest BCUT2D eigenvalue weighted by atomic mass is 14.9. The van der Waals surface area contributed by atoms with E-state index in [4.69, 9.17) is 5.73 Å². The van der Waals surface area contributed by atoms with Crippen LogP contribution in [0.5, 0.6) is 0 Å². The minimum absolute atomic E-state index is 0.211. The highest BCUT2D eigenvalue weighted by Gasteiger charge is 2.04. The maximum atomic E-state index is 5.55. The molecule has 0 heterocycles. The van der Waals surface area contributed by atoms with Gasteiger partial charge in [0.15, 0.2) is 0 Å². The van der Waals surface area contributed by atoms with Gasteiger partial charge in [0.05, 0.1) is 0 Å². The van der Waals surface area contributed by atoms with Crippen LogP contribution in [0.25, 0.3) is 0 Å². The average Bonchev–Trinajstić information content (AvgIpc) is 2.12. The fourth-order valence-electron chi connectivity index (χ4n) is 1.01. The van der Waals surface area contributed by atoms with E-state index in [9.17, 15) is 0 Å². The molecule has 0 aromatic rings. The molecule has 1 atom stereocenters. The van der Waals surface area contributed by atoms with Crippen LogP contribution in [0.15, 0.2) is 37.0 Å². The van der Waals surface area contributed by atoms with Crippen LogP contribution in [-0.2, 0) is 0 Å². The Kier molecular flexibility index (Phi) is 6.34. The third-order valence-corrected chi connectivity index (χ3v) is 1.74. The van der Waals surface area contributed by atoms with E-state index in [-0.39, 0.29) is 6.04 Å². The van der Waals surface area contributed by atoms with E-state index in [0.717, 1.165) is 12.0 Å². The van der Waals surface area contributed by atoms with Crippen molar-refractivity contribution in [2.24, 2.45) is 5.73 Å². The minimum Gasteiger partial charge on any atom is -0.329 e. The first kappa shape index (κ1) is 11.1. The van der Waals surface area contributed by atoms with Crippen molar-refractivity contribution >= 4 is 0 Å². The summed E-state index contributed by atoms with van der Waals surface area (Å²) in [6.07, 6.45) is 6.62. The summed E-state index contributed by atoms with van der Waals surface area (Å²) in [5.74, 6) is 0. The van der Waals surface area contributed by atoms with Crippen LogP contribution < -0.4 is 11.1 Å². The molecule has 0 saturated carbocycles. The predicted molar refractivity (Wildman–Crippen MR) is 55.0 cm³/mol. The normalized spacial score (nSPS) is 14.0. The van der Waals surface area contributed by atoms with E-state index in [2.05, 4.69) is 24.6 Å². The monoisotopic (exact) mass is 166 g/mol. The predicted octanol–water partition coefficient (Wildman–Crippen LogP) is 1.22. The zero-order valence-electron chi connectivity index (χ0n) is 7.72. The van der Waals surface area contributed by atoms with E-state index in [1.54, 1.807) is 0 Å². The van der Waals surface area contributed by atoms with Crippen LogP contribution in [0.3, 0.4) is 0 Å². The second-order valence-corrected chi connectivity index (χ2v) is 2.51. The van der Waals surface area contributed by atoms with E-state index < -0.39 is 0 Å². The molecule has 0 aliphatic rings. The molecule has 0 spiro atoms. The lowest BCUT2D eigenvalue weighted by molar-refractivity contribution is 0.654. The summed E-state index contributed by atoms with van der Waals surface area (Å²) in [5, 5.41) is 3.11. The van der Waals surface area contributed by atoms with Crippen molar-refractivity contribution in [1.82, 2.24) is 5.32 Å². The fraction of sp³-hybridized carbons (Fsp3) is 0.400. The maximum absolute atomic E-state index is 5.55. The van der Waals surface area contributed by atoms with Gasteiger partial charge in [-0.2, -0.15) is 0 Å². The number of hydrogen-bond donors (Lipinski definition) is 2. The van der Waals surface area contributed by atoms with Crippen molar-refractivity contribution in [3.63, 3.8) is 0 Å². The number of nitrogens with two attached hydrogens (primary N) is 1.